The topological polar surface area (TPSA) is 86.3 Å². The van der Waals surface area contributed by atoms with Gasteiger partial charge in [-0.05, 0) is 62.6 Å². The van der Waals surface area contributed by atoms with E-state index >= 15 is 0 Å². The van der Waals surface area contributed by atoms with Crippen LogP contribution in [0.15, 0.2) is 54.7 Å². The zero-order valence-electron chi connectivity index (χ0n) is 28.4. The van der Waals surface area contributed by atoms with Crippen molar-refractivity contribution in [3.05, 3.63) is 94.3 Å². The van der Waals surface area contributed by atoms with Gasteiger partial charge >= 0.3 is 6.09 Å². The highest BCUT2D eigenvalue weighted by atomic mass is 19.1. The number of hydrogen-bond donors (Lipinski definition) is 0. The normalized spacial score (nSPS) is 20.6. The summed E-state index contributed by atoms with van der Waals surface area (Å²) < 4.78 is 33.7. The number of amides is 3. The summed E-state index contributed by atoms with van der Waals surface area (Å²) in [6, 6.07) is 12.4. The quantitative estimate of drug-likeness (QED) is 0.346. The average Bonchev–Trinajstić information content (AvgIpc) is 3.46. The Bertz CT molecular complexity index is 1760. The fraction of sp³-hybridized carbons (Fsp3) is 0.459. The van der Waals surface area contributed by atoms with Gasteiger partial charge in [-0.15, -0.1) is 0 Å². The van der Waals surface area contributed by atoms with E-state index in [4.69, 9.17) is 9.72 Å². The second-order valence-electron chi connectivity index (χ2n) is 14.9. The molecule has 3 aliphatic heterocycles. The van der Waals surface area contributed by atoms with Crippen LogP contribution in [0.5, 0.6) is 0 Å². The predicted octanol–water partition coefficient (Wildman–Crippen LogP) is 5.54. The molecule has 0 spiro atoms. The van der Waals surface area contributed by atoms with Crippen LogP contribution in [0, 0.1) is 11.6 Å². The minimum atomic E-state index is -0.669. The average molecular weight is 660 g/mol. The molecular weight excluding hydrogens is 616 g/mol. The second kappa shape index (κ2) is 12.6. The van der Waals surface area contributed by atoms with Crippen molar-refractivity contribution in [3.63, 3.8) is 0 Å². The predicted molar refractivity (Wildman–Crippen MR) is 178 cm³/mol. The van der Waals surface area contributed by atoms with Gasteiger partial charge in [0, 0.05) is 74.5 Å². The number of ether oxygens (including phenoxy) is 1. The highest BCUT2D eigenvalue weighted by Gasteiger charge is 2.43. The Balaban J connectivity index is 1.24. The van der Waals surface area contributed by atoms with Crippen LogP contribution < -0.4 is 4.90 Å². The lowest BCUT2D eigenvalue weighted by molar-refractivity contribution is -0.121. The minimum Gasteiger partial charge on any atom is -0.444 e. The molecule has 3 amide bonds. The van der Waals surface area contributed by atoms with Crippen LogP contribution in [-0.2, 0) is 27.9 Å². The lowest BCUT2D eigenvalue weighted by Crippen LogP contribution is -2.63. The van der Waals surface area contributed by atoms with E-state index in [1.807, 2.05) is 71.9 Å². The van der Waals surface area contributed by atoms with Crippen LogP contribution in [-0.4, -0.2) is 88.0 Å². The molecule has 4 heterocycles. The molecular formula is C37H43F2N5O4. The molecule has 1 aromatic heterocycles. The molecule has 6 rings (SSSR count). The van der Waals surface area contributed by atoms with E-state index in [0.717, 1.165) is 17.3 Å². The Morgan fingerprint density at radius 3 is 2.52 bits per heavy atom. The number of fused-ring (bicyclic) bond motifs is 2. The van der Waals surface area contributed by atoms with Crippen LogP contribution in [0.2, 0.25) is 0 Å². The molecule has 254 valence electrons. The number of pyridine rings is 1. The van der Waals surface area contributed by atoms with Gasteiger partial charge in [0.2, 0.25) is 5.91 Å². The first-order valence-corrected chi connectivity index (χ1v) is 16.4. The lowest BCUT2D eigenvalue weighted by Gasteiger charge is -2.46. The van der Waals surface area contributed by atoms with Crippen LogP contribution in [0.25, 0.3) is 0 Å². The molecule has 1 saturated heterocycles. The zero-order chi connectivity index (χ0) is 34.5. The zero-order valence-corrected chi connectivity index (χ0v) is 28.4. The lowest BCUT2D eigenvalue weighted by atomic mass is 9.91. The SMILES string of the molecule is C[C@@H]1CN(CC(=O)N2CC(C)(C)c3ncc(Cc4ccc(F)cc4F)cc32)[C@@H](CN2Cc3ccccc3C2=O)CN1C(=O)OC(C)(C)C. The Morgan fingerprint density at radius 1 is 1.06 bits per heavy atom. The molecule has 0 radical (unpaired) electrons. The minimum absolute atomic E-state index is 0.0641. The first-order chi connectivity index (χ1) is 22.6. The third-order valence-corrected chi connectivity index (χ3v) is 9.37. The molecule has 2 atom stereocenters. The summed E-state index contributed by atoms with van der Waals surface area (Å²) >= 11 is 0. The summed E-state index contributed by atoms with van der Waals surface area (Å²) in [6.07, 6.45) is 1.47. The van der Waals surface area contributed by atoms with E-state index in [2.05, 4.69) is 4.90 Å². The summed E-state index contributed by atoms with van der Waals surface area (Å²) in [7, 11) is 0. The van der Waals surface area contributed by atoms with Crippen molar-refractivity contribution in [2.75, 3.05) is 37.6 Å². The molecule has 11 heteroatoms. The van der Waals surface area contributed by atoms with Gasteiger partial charge in [-0.3, -0.25) is 19.5 Å². The smallest absolute Gasteiger partial charge is 0.410 e. The number of piperazine rings is 1. The number of benzene rings is 2. The Labute approximate surface area is 280 Å². The van der Waals surface area contributed by atoms with Crippen LogP contribution in [0.4, 0.5) is 19.3 Å². The third-order valence-electron chi connectivity index (χ3n) is 9.37. The van der Waals surface area contributed by atoms with Gasteiger partial charge in [-0.1, -0.05) is 38.1 Å². The Hall–Kier alpha value is -4.38. The summed E-state index contributed by atoms with van der Waals surface area (Å²) in [6.45, 7) is 13.5. The van der Waals surface area contributed by atoms with Crippen molar-refractivity contribution in [2.24, 2.45) is 0 Å². The van der Waals surface area contributed by atoms with Crippen molar-refractivity contribution in [1.29, 1.82) is 0 Å². The highest BCUT2D eigenvalue weighted by molar-refractivity contribution is 5.98. The fourth-order valence-corrected chi connectivity index (χ4v) is 7.01. The number of anilines is 1. The number of rotatable bonds is 6. The summed E-state index contributed by atoms with van der Waals surface area (Å²) in [5.74, 6) is -1.47. The number of hydrogen-bond acceptors (Lipinski definition) is 6. The van der Waals surface area contributed by atoms with Crippen LogP contribution in [0.3, 0.4) is 0 Å². The van der Waals surface area contributed by atoms with Gasteiger partial charge in [-0.25, -0.2) is 13.6 Å². The second-order valence-corrected chi connectivity index (χ2v) is 14.9. The van der Waals surface area contributed by atoms with Gasteiger partial charge in [0.1, 0.15) is 17.2 Å². The van der Waals surface area contributed by atoms with Gasteiger partial charge in [0.15, 0.2) is 0 Å². The molecule has 9 nitrogen and oxygen atoms in total. The molecule has 0 N–H and O–H groups in total. The summed E-state index contributed by atoms with van der Waals surface area (Å²) in [4.78, 5) is 52.9. The van der Waals surface area contributed by atoms with E-state index < -0.39 is 28.7 Å². The monoisotopic (exact) mass is 659 g/mol. The van der Waals surface area contributed by atoms with Gasteiger partial charge in [0.05, 0.1) is 17.9 Å². The molecule has 3 aliphatic rings. The van der Waals surface area contributed by atoms with Crippen molar-refractivity contribution < 1.29 is 27.9 Å². The molecule has 0 unspecified atom stereocenters. The van der Waals surface area contributed by atoms with E-state index in [0.29, 0.717) is 55.1 Å². The summed E-state index contributed by atoms with van der Waals surface area (Å²) in [5.41, 5.74) is 3.04. The van der Waals surface area contributed by atoms with Gasteiger partial charge < -0.3 is 19.4 Å². The fourth-order valence-electron chi connectivity index (χ4n) is 7.01. The van der Waals surface area contributed by atoms with Crippen molar-refractivity contribution in [3.8, 4) is 0 Å². The van der Waals surface area contributed by atoms with Crippen LogP contribution in [0.1, 0.15) is 74.3 Å². The van der Waals surface area contributed by atoms with Gasteiger partial charge in [-0.2, -0.15) is 0 Å². The van der Waals surface area contributed by atoms with E-state index in [1.165, 1.54) is 12.1 Å². The number of aromatic nitrogens is 1. The molecule has 0 saturated carbocycles. The highest BCUT2D eigenvalue weighted by Crippen LogP contribution is 2.40. The molecule has 2 aromatic carbocycles. The largest absolute Gasteiger partial charge is 0.444 e. The first-order valence-electron chi connectivity index (χ1n) is 16.4. The van der Waals surface area contributed by atoms with E-state index in [1.54, 1.807) is 20.9 Å². The molecule has 3 aromatic rings. The number of halogens is 2. The van der Waals surface area contributed by atoms with Crippen molar-refractivity contribution >= 4 is 23.6 Å². The van der Waals surface area contributed by atoms with Crippen molar-refractivity contribution in [2.45, 2.75) is 77.6 Å². The molecule has 48 heavy (non-hydrogen) atoms. The maximum Gasteiger partial charge on any atom is 0.410 e. The number of nitrogens with zero attached hydrogens (tertiary/aromatic N) is 5. The molecule has 0 aliphatic carbocycles. The van der Waals surface area contributed by atoms with Crippen molar-refractivity contribution in [1.82, 2.24) is 19.7 Å². The maximum atomic E-state index is 14.5. The van der Waals surface area contributed by atoms with E-state index in [-0.39, 0.29) is 36.9 Å². The first kappa shape index (κ1) is 33.5. The maximum absolute atomic E-state index is 14.5. The van der Waals surface area contributed by atoms with E-state index in [9.17, 15) is 23.2 Å². The number of carbonyl (C=O) groups is 3. The molecule has 0 bridgehead atoms. The van der Waals surface area contributed by atoms with Crippen LogP contribution >= 0.6 is 0 Å². The standard InChI is InChI=1S/C37H43F2N5O4/c1-23-17-41(28(20-43(23)35(47)48-36(2,3)4)19-42-18-26-9-7-8-10-29(26)34(42)46)21-32(45)44-22-37(5,6)33-31(44)14-24(16-40-33)13-25-11-12-27(38)15-30(25)39/h7-12,14-16,23,28H,13,17-22H2,1-6H3/t23-,28+/m1/s1. The number of carbonyl (C=O) groups excluding carboxylic acids is 3. The third kappa shape index (κ3) is 6.78. The Kier molecular flexibility index (Phi) is 8.78. The molecule has 1 fully saturated rings. The Morgan fingerprint density at radius 2 is 1.81 bits per heavy atom. The van der Waals surface area contributed by atoms with Gasteiger partial charge in [0.25, 0.3) is 5.91 Å². The summed E-state index contributed by atoms with van der Waals surface area (Å²) in [5, 5.41) is 0.